The quantitative estimate of drug-likeness (QED) is 0.746. The summed E-state index contributed by atoms with van der Waals surface area (Å²) in [5, 5.41) is 2.66. The van der Waals surface area contributed by atoms with Crippen LogP contribution in [-0.2, 0) is 19.4 Å². The van der Waals surface area contributed by atoms with Crippen LogP contribution in [0.2, 0.25) is 0 Å². The van der Waals surface area contributed by atoms with Crippen LogP contribution < -0.4 is 10.2 Å². The first-order valence-electron chi connectivity index (χ1n) is 10.7. The topological polar surface area (TPSA) is 86.8 Å². The molecule has 1 aliphatic rings. The van der Waals surface area contributed by atoms with Crippen molar-refractivity contribution in [2.24, 2.45) is 5.41 Å². The predicted molar refractivity (Wildman–Crippen MR) is 127 cm³/mol. The largest absolute Gasteiger partial charge is 0.368 e. The van der Waals surface area contributed by atoms with Gasteiger partial charge in [-0.15, -0.1) is 0 Å². The number of amides is 2. The maximum Gasteiger partial charge on any atom is 0.239 e. The number of piperazine rings is 1. The Morgan fingerprint density at radius 3 is 2.00 bits per heavy atom. The molecule has 7 nitrogen and oxygen atoms in total. The second-order valence-electron chi connectivity index (χ2n) is 9.20. The fraction of sp³-hybridized carbons (Fsp3) is 0.417. The molecule has 2 aromatic carbocycles. The monoisotopic (exact) mass is 457 g/mol. The first kappa shape index (κ1) is 23.8. The third kappa shape index (κ3) is 5.88. The highest BCUT2D eigenvalue weighted by Gasteiger charge is 2.29. The van der Waals surface area contributed by atoms with Crippen LogP contribution in [0, 0.1) is 12.3 Å². The summed E-state index contributed by atoms with van der Waals surface area (Å²) in [4.78, 5) is 29.0. The average molecular weight is 458 g/mol. The normalized spacial score (nSPS) is 14.9. The lowest BCUT2D eigenvalue weighted by atomic mass is 9.94. The maximum atomic E-state index is 12.4. The molecule has 32 heavy (non-hydrogen) atoms. The van der Waals surface area contributed by atoms with Crippen molar-refractivity contribution in [2.75, 3.05) is 42.1 Å². The van der Waals surface area contributed by atoms with Crippen LogP contribution >= 0.6 is 0 Å². The van der Waals surface area contributed by atoms with E-state index >= 15 is 0 Å². The molecule has 2 aromatic rings. The van der Waals surface area contributed by atoms with Gasteiger partial charge in [0.2, 0.25) is 11.8 Å². The molecule has 172 valence electrons. The molecule has 0 aliphatic carbocycles. The van der Waals surface area contributed by atoms with Gasteiger partial charge in [-0.25, -0.2) is 8.42 Å². The van der Waals surface area contributed by atoms with Gasteiger partial charge in [0, 0.05) is 43.0 Å². The van der Waals surface area contributed by atoms with Crippen molar-refractivity contribution in [1.29, 1.82) is 0 Å². The Morgan fingerprint density at radius 2 is 1.47 bits per heavy atom. The molecule has 0 atom stereocenters. The fourth-order valence-electron chi connectivity index (χ4n) is 3.60. The van der Waals surface area contributed by atoms with Crippen LogP contribution in [-0.4, -0.2) is 57.1 Å². The number of nitrogens with one attached hydrogen (secondary N) is 1. The minimum Gasteiger partial charge on any atom is -0.368 e. The Balaban J connectivity index is 1.55. The molecule has 3 rings (SSSR count). The van der Waals surface area contributed by atoms with Crippen molar-refractivity contribution >= 4 is 33.0 Å². The summed E-state index contributed by atoms with van der Waals surface area (Å²) < 4.78 is 24.9. The van der Waals surface area contributed by atoms with Gasteiger partial charge in [-0.2, -0.15) is 0 Å². The molecule has 0 saturated carbocycles. The number of anilines is 2. The van der Waals surface area contributed by atoms with Gasteiger partial charge in [0.05, 0.1) is 4.90 Å². The van der Waals surface area contributed by atoms with Gasteiger partial charge in [-0.3, -0.25) is 9.59 Å². The molecular formula is C24H31N3O4S. The summed E-state index contributed by atoms with van der Waals surface area (Å²) in [6.45, 7) is 10.5. The maximum absolute atomic E-state index is 12.4. The number of hydrogen-bond acceptors (Lipinski definition) is 5. The summed E-state index contributed by atoms with van der Waals surface area (Å²) in [5.74, 6) is -1.02. The minimum atomic E-state index is -3.70. The molecule has 1 heterocycles. The van der Waals surface area contributed by atoms with Crippen LogP contribution in [0.3, 0.4) is 0 Å². The Hall–Kier alpha value is -2.87. The summed E-state index contributed by atoms with van der Waals surface area (Å²) in [6, 6.07) is 13.8. The molecule has 8 heteroatoms. The van der Waals surface area contributed by atoms with Crippen molar-refractivity contribution in [3.05, 3.63) is 54.1 Å². The van der Waals surface area contributed by atoms with E-state index < -0.39 is 21.5 Å². The zero-order valence-electron chi connectivity index (χ0n) is 19.1. The van der Waals surface area contributed by atoms with E-state index in [4.69, 9.17) is 0 Å². The molecule has 0 spiro atoms. The number of carbonyl (C=O) groups excluding carboxylic acids is 2. The number of benzene rings is 2. The van der Waals surface area contributed by atoms with E-state index in [-0.39, 0.29) is 16.2 Å². The zero-order valence-corrected chi connectivity index (χ0v) is 19.9. The SMILES string of the molecule is Cc1ccc(S(=O)(=O)CC(=O)Nc2ccc(N3CCN(C(=O)C(C)(C)C)CC3)cc2)cc1. The lowest BCUT2D eigenvalue weighted by Gasteiger charge is -2.38. The van der Waals surface area contributed by atoms with Crippen LogP contribution in [0.15, 0.2) is 53.4 Å². The van der Waals surface area contributed by atoms with E-state index in [1.165, 1.54) is 12.1 Å². The van der Waals surface area contributed by atoms with E-state index in [9.17, 15) is 18.0 Å². The Kier molecular flexibility index (Phi) is 6.93. The molecular weight excluding hydrogens is 426 g/mol. The molecule has 1 saturated heterocycles. The van der Waals surface area contributed by atoms with Gasteiger partial charge in [-0.1, -0.05) is 38.5 Å². The highest BCUT2D eigenvalue weighted by molar-refractivity contribution is 7.92. The van der Waals surface area contributed by atoms with Crippen LogP contribution in [0.25, 0.3) is 0 Å². The van der Waals surface area contributed by atoms with E-state index in [0.29, 0.717) is 18.8 Å². The molecule has 0 unspecified atom stereocenters. The average Bonchev–Trinajstić information content (AvgIpc) is 2.73. The molecule has 0 radical (unpaired) electrons. The summed E-state index contributed by atoms with van der Waals surface area (Å²) in [5.41, 5.74) is 2.11. The minimum absolute atomic E-state index is 0.137. The Morgan fingerprint density at radius 1 is 0.906 bits per heavy atom. The molecule has 0 aromatic heterocycles. The van der Waals surface area contributed by atoms with E-state index in [1.807, 2.05) is 44.7 Å². The molecule has 1 aliphatic heterocycles. The third-order valence-electron chi connectivity index (χ3n) is 5.43. The molecule has 2 amide bonds. The molecule has 1 N–H and O–H groups in total. The summed E-state index contributed by atoms with van der Waals surface area (Å²) in [7, 11) is -3.70. The van der Waals surface area contributed by atoms with Crippen molar-refractivity contribution in [1.82, 2.24) is 4.90 Å². The number of carbonyl (C=O) groups is 2. The van der Waals surface area contributed by atoms with E-state index in [0.717, 1.165) is 24.3 Å². The van der Waals surface area contributed by atoms with E-state index in [2.05, 4.69) is 10.2 Å². The third-order valence-corrected chi connectivity index (χ3v) is 7.06. The van der Waals surface area contributed by atoms with Crippen LogP contribution in [0.4, 0.5) is 11.4 Å². The number of aryl methyl sites for hydroxylation is 1. The fourth-order valence-corrected chi connectivity index (χ4v) is 4.73. The van der Waals surface area contributed by atoms with E-state index in [1.54, 1.807) is 24.3 Å². The first-order valence-corrected chi connectivity index (χ1v) is 12.3. The van der Waals surface area contributed by atoms with Crippen molar-refractivity contribution in [3.8, 4) is 0 Å². The highest BCUT2D eigenvalue weighted by Crippen LogP contribution is 2.23. The van der Waals surface area contributed by atoms with Gasteiger partial charge in [0.1, 0.15) is 5.75 Å². The van der Waals surface area contributed by atoms with Gasteiger partial charge in [-0.05, 0) is 43.3 Å². The molecule has 0 bridgehead atoms. The van der Waals surface area contributed by atoms with Gasteiger partial charge in [0.25, 0.3) is 0 Å². The predicted octanol–water partition coefficient (Wildman–Crippen LogP) is 3.10. The lowest BCUT2D eigenvalue weighted by molar-refractivity contribution is -0.139. The van der Waals surface area contributed by atoms with Crippen LogP contribution in [0.5, 0.6) is 0 Å². The lowest BCUT2D eigenvalue weighted by Crippen LogP contribution is -2.51. The van der Waals surface area contributed by atoms with Gasteiger partial charge in [0.15, 0.2) is 9.84 Å². The zero-order chi connectivity index (χ0) is 23.5. The second-order valence-corrected chi connectivity index (χ2v) is 11.2. The van der Waals surface area contributed by atoms with Crippen LogP contribution in [0.1, 0.15) is 26.3 Å². The van der Waals surface area contributed by atoms with Crippen molar-refractivity contribution in [2.45, 2.75) is 32.6 Å². The number of hydrogen-bond donors (Lipinski definition) is 1. The number of sulfone groups is 1. The van der Waals surface area contributed by atoms with Crippen molar-refractivity contribution < 1.29 is 18.0 Å². The Labute approximate surface area is 190 Å². The van der Waals surface area contributed by atoms with Gasteiger partial charge < -0.3 is 15.1 Å². The molecule has 1 fully saturated rings. The standard InChI is InChI=1S/C24H31N3O4S/c1-18-5-11-21(12-6-18)32(30,31)17-22(28)25-19-7-9-20(10-8-19)26-13-15-27(16-14-26)23(29)24(2,3)4/h5-12H,13-17H2,1-4H3,(H,25,28). The smallest absolute Gasteiger partial charge is 0.239 e. The highest BCUT2D eigenvalue weighted by atomic mass is 32.2. The Bertz CT molecular complexity index is 1060. The first-order chi connectivity index (χ1) is 15.0. The van der Waals surface area contributed by atoms with Gasteiger partial charge >= 0.3 is 0 Å². The second kappa shape index (κ2) is 9.32. The number of rotatable bonds is 5. The number of nitrogens with zero attached hydrogens (tertiary/aromatic N) is 2. The summed E-state index contributed by atoms with van der Waals surface area (Å²) >= 11 is 0. The van der Waals surface area contributed by atoms with Crippen molar-refractivity contribution in [3.63, 3.8) is 0 Å². The summed E-state index contributed by atoms with van der Waals surface area (Å²) in [6.07, 6.45) is 0.